The number of anilines is 1. The maximum absolute atomic E-state index is 13.2. The van der Waals surface area contributed by atoms with Gasteiger partial charge in [-0.1, -0.05) is 18.2 Å². The Balaban J connectivity index is 1.77. The van der Waals surface area contributed by atoms with Gasteiger partial charge in [0.15, 0.2) is 11.5 Å². The number of methoxy groups -OCH3 is 2. The van der Waals surface area contributed by atoms with Crippen molar-refractivity contribution >= 4 is 40.5 Å². The molecule has 9 nitrogen and oxygen atoms in total. The van der Waals surface area contributed by atoms with Gasteiger partial charge < -0.3 is 20.1 Å². The molecule has 1 heterocycles. The predicted octanol–water partition coefficient (Wildman–Crippen LogP) is 3.27. The summed E-state index contributed by atoms with van der Waals surface area (Å²) >= 11 is 1.06. The molecule has 0 radical (unpaired) electrons. The van der Waals surface area contributed by atoms with Gasteiger partial charge in [0.25, 0.3) is 5.91 Å². The number of aromatic nitrogens is 1. The number of ether oxygens (including phenoxy) is 2. The van der Waals surface area contributed by atoms with Crippen molar-refractivity contribution in [2.75, 3.05) is 26.1 Å². The van der Waals surface area contributed by atoms with Gasteiger partial charge in [-0.2, -0.15) is 0 Å². The number of hydrogen-bond donors (Lipinski definition) is 4. The first-order valence-corrected chi connectivity index (χ1v) is 11.7. The summed E-state index contributed by atoms with van der Waals surface area (Å²) in [5.41, 5.74) is 1.64. The van der Waals surface area contributed by atoms with Gasteiger partial charge in [0, 0.05) is 35.8 Å². The summed E-state index contributed by atoms with van der Waals surface area (Å²) in [5.74, 6) is 0.256. The molecule has 2 amide bonds. The molecule has 0 aliphatic carbocycles. The molecule has 10 heteroatoms. The number of hydrogen-bond acceptors (Lipinski definition) is 8. The largest absolute Gasteiger partial charge is 0.493 e. The third kappa shape index (κ3) is 6.60. The Hall–Kier alpha value is -3.34. The van der Waals surface area contributed by atoms with Gasteiger partial charge in [-0.05, 0) is 49.6 Å². The van der Waals surface area contributed by atoms with E-state index in [4.69, 9.17) is 14.6 Å². The molecule has 180 valence electrons. The predicted molar refractivity (Wildman–Crippen MR) is 135 cm³/mol. The van der Waals surface area contributed by atoms with Gasteiger partial charge in [0.2, 0.25) is 5.91 Å². The van der Waals surface area contributed by atoms with Gasteiger partial charge in [-0.15, -0.1) is 0 Å². The molecule has 1 aromatic heterocycles. The monoisotopic (exact) mass is 483 g/mol. The van der Waals surface area contributed by atoms with Crippen LogP contribution in [0.25, 0.3) is 10.9 Å². The van der Waals surface area contributed by atoms with E-state index in [0.717, 1.165) is 23.9 Å². The Morgan fingerprint density at radius 3 is 2.62 bits per heavy atom. The van der Waals surface area contributed by atoms with Gasteiger partial charge >= 0.3 is 0 Å². The van der Waals surface area contributed by atoms with E-state index in [1.165, 1.54) is 14.2 Å². The maximum Gasteiger partial charge on any atom is 0.252 e. The van der Waals surface area contributed by atoms with Crippen LogP contribution in [0, 0.1) is 0 Å². The van der Waals surface area contributed by atoms with E-state index in [2.05, 4.69) is 20.3 Å². The summed E-state index contributed by atoms with van der Waals surface area (Å²) in [7, 11) is 3.03. The van der Waals surface area contributed by atoms with E-state index in [1.54, 1.807) is 30.5 Å². The number of amides is 2. The average molecular weight is 484 g/mol. The van der Waals surface area contributed by atoms with Crippen molar-refractivity contribution in [2.45, 2.75) is 25.3 Å². The second-order valence-electron chi connectivity index (χ2n) is 7.47. The molecule has 34 heavy (non-hydrogen) atoms. The van der Waals surface area contributed by atoms with Gasteiger partial charge in [-0.25, -0.2) is 0 Å². The van der Waals surface area contributed by atoms with Crippen LogP contribution in [0.15, 0.2) is 54.7 Å². The average Bonchev–Trinajstić information content (AvgIpc) is 2.87. The second-order valence-corrected chi connectivity index (χ2v) is 8.00. The zero-order valence-electron chi connectivity index (χ0n) is 19.2. The number of nitrogens with two attached hydrogens (primary N) is 1. The lowest BCUT2D eigenvalue weighted by Gasteiger charge is -2.19. The highest BCUT2D eigenvalue weighted by atomic mass is 32.2. The van der Waals surface area contributed by atoms with E-state index in [1.807, 2.05) is 24.3 Å². The number of nitrogens with zero attached hydrogens (tertiary/aromatic N) is 1. The molecule has 0 aliphatic rings. The quantitative estimate of drug-likeness (QED) is 0.228. The fourth-order valence-electron chi connectivity index (χ4n) is 3.52. The highest BCUT2D eigenvalue weighted by Crippen LogP contribution is 2.27. The Morgan fingerprint density at radius 1 is 1.06 bits per heavy atom. The fourth-order valence-corrected chi connectivity index (χ4v) is 3.78. The maximum atomic E-state index is 13.2. The topological polar surface area (TPSA) is 128 Å². The minimum Gasteiger partial charge on any atom is -0.493 e. The number of benzene rings is 2. The second kappa shape index (κ2) is 12.8. The van der Waals surface area contributed by atoms with Crippen LogP contribution in [-0.4, -0.2) is 43.6 Å². The smallest absolute Gasteiger partial charge is 0.252 e. The molecule has 0 saturated heterocycles. The summed E-state index contributed by atoms with van der Waals surface area (Å²) in [5, 5.41) is 12.1. The molecule has 0 aliphatic heterocycles. The minimum absolute atomic E-state index is 0.312. The molecule has 3 rings (SSSR count). The SMILES string of the molecule is COc1ccc(C(=O)NC(CCCCNSN)C(=O)Nc2cccc3cccnc23)cc1OC. The van der Waals surface area contributed by atoms with E-state index < -0.39 is 6.04 Å². The number of carbonyl (C=O) groups excluding carboxylic acids is 2. The molecule has 2 aromatic carbocycles. The van der Waals surface area contributed by atoms with E-state index in [9.17, 15) is 9.59 Å². The first-order chi connectivity index (χ1) is 16.6. The lowest BCUT2D eigenvalue weighted by atomic mass is 10.1. The third-order valence-corrected chi connectivity index (χ3v) is 5.63. The molecule has 0 bridgehead atoms. The molecule has 1 unspecified atom stereocenters. The van der Waals surface area contributed by atoms with Gasteiger partial charge in [0.1, 0.15) is 6.04 Å². The Kier molecular flexibility index (Phi) is 9.51. The van der Waals surface area contributed by atoms with Crippen LogP contribution in [0.4, 0.5) is 5.69 Å². The molecule has 0 spiro atoms. The number of fused-ring (bicyclic) bond motifs is 1. The number of carbonyl (C=O) groups is 2. The summed E-state index contributed by atoms with van der Waals surface area (Å²) in [6.45, 7) is 0.701. The van der Waals surface area contributed by atoms with E-state index in [0.29, 0.717) is 47.7 Å². The standard InChI is InChI=1S/C24H29N5O4S/c1-32-20-12-11-17(15-21(20)33-2)23(30)29-19(9-3-4-14-27-34-25)24(31)28-18-10-5-7-16-8-6-13-26-22(16)18/h5-8,10-13,15,19,27H,3-4,9,14,25H2,1-2H3,(H,28,31)(H,29,30). The molecular weight excluding hydrogens is 454 g/mol. The Bertz CT molecular complexity index is 1120. The van der Waals surface area contributed by atoms with Gasteiger partial charge in [-0.3, -0.25) is 24.4 Å². The lowest BCUT2D eigenvalue weighted by molar-refractivity contribution is -0.118. The van der Waals surface area contributed by atoms with Crippen molar-refractivity contribution in [3.05, 3.63) is 60.3 Å². The molecule has 3 aromatic rings. The van der Waals surface area contributed by atoms with Crippen molar-refractivity contribution in [3.8, 4) is 11.5 Å². The normalized spacial score (nSPS) is 11.6. The highest BCUT2D eigenvalue weighted by molar-refractivity contribution is 7.95. The first kappa shape index (κ1) is 25.3. The van der Waals surface area contributed by atoms with Crippen LogP contribution in [-0.2, 0) is 4.79 Å². The zero-order valence-corrected chi connectivity index (χ0v) is 20.0. The van der Waals surface area contributed by atoms with Crippen molar-refractivity contribution in [2.24, 2.45) is 5.14 Å². The number of nitrogens with one attached hydrogen (secondary N) is 3. The summed E-state index contributed by atoms with van der Waals surface area (Å²) in [6.07, 6.45) is 3.65. The van der Waals surface area contributed by atoms with Crippen LogP contribution >= 0.6 is 12.1 Å². The van der Waals surface area contributed by atoms with Crippen LogP contribution in [0.2, 0.25) is 0 Å². The summed E-state index contributed by atoms with van der Waals surface area (Å²) in [6, 6.07) is 13.5. The molecular formula is C24H29N5O4S. The van der Waals surface area contributed by atoms with Crippen LogP contribution < -0.4 is 30.0 Å². The number of unbranched alkanes of at least 4 members (excludes halogenated alkanes) is 1. The summed E-state index contributed by atoms with van der Waals surface area (Å²) in [4.78, 5) is 30.6. The molecule has 1 atom stereocenters. The van der Waals surface area contributed by atoms with E-state index >= 15 is 0 Å². The number of pyridine rings is 1. The Labute approximate surface area is 203 Å². The third-order valence-electron chi connectivity index (χ3n) is 5.26. The van der Waals surface area contributed by atoms with Crippen LogP contribution in [0.3, 0.4) is 0 Å². The van der Waals surface area contributed by atoms with Gasteiger partial charge in [0.05, 0.1) is 25.4 Å². The van der Waals surface area contributed by atoms with Crippen LogP contribution in [0.1, 0.15) is 29.6 Å². The zero-order chi connectivity index (χ0) is 24.3. The van der Waals surface area contributed by atoms with E-state index in [-0.39, 0.29) is 11.8 Å². The highest BCUT2D eigenvalue weighted by Gasteiger charge is 2.23. The lowest BCUT2D eigenvalue weighted by Crippen LogP contribution is -2.44. The van der Waals surface area contributed by atoms with Crippen molar-refractivity contribution in [1.29, 1.82) is 0 Å². The fraction of sp³-hybridized carbons (Fsp3) is 0.292. The Morgan fingerprint density at radius 2 is 1.85 bits per heavy atom. The molecule has 5 N–H and O–H groups in total. The van der Waals surface area contributed by atoms with Crippen molar-refractivity contribution < 1.29 is 19.1 Å². The number of para-hydroxylation sites is 1. The molecule has 0 fully saturated rings. The summed E-state index contributed by atoms with van der Waals surface area (Å²) < 4.78 is 13.5. The van der Waals surface area contributed by atoms with Crippen molar-refractivity contribution in [1.82, 2.24) is 15.0 Å². The number of rotatable bonds is 12. The molecule has 0 saturated carbocycles. The first-order valence-electron chi connectivity index (χ1n) is 10.8. The van der Waals surface area contributed by atoms with Crippen LogP contribution in [0.5, 0.6) is 11.5 Å². The minimum atomic E-state index is -0.745. The van der Waals surface area contributed by atoms with Crippen molar-refractivity contribution in [3.63, 3.8) is 0 Å².